The molecule has 0 spiro atoms. The quantitative estimate of drug-likeness (QED) is 0.808. The molecule has 5 nitrogen and oxygen atoms in total. The molecule has 6 heteroatoms. The van der Waals surface area contributed by atoms with E-state index in [1.54, 1.807) is 25.1 Å². The Labute approximate surface area is 115 Å². The van der Waals surface area contributed by atoms with Crippen molar-refractivity contribution in [3.05, 3.63) is 46.7 Å². The van der Waals surface area contributed by atoms with E-state index in [-0.39, 0.29) is 0 Å². The molecule has 2 aromatic rings. The van der Waals surface area contributed by atoms with Gasteiger partial charge in [-0.2, -0.15) is 10.4 Å². The number of nitrogens with zero attached hydrogens (tertiary/aromatic N) is 3. The van der Waals surface area contributed by atoms with E-state index in [9.17, 15) is 4.79 Å². The van der Waals surface area contributed by atoms with Crippen LogP contribution in [0, 0.1) is 11.3 Å². The van der Waals surface area contributed by atoms with Crippen molar-refractivity contribution in [1.82, 2.24) is 9.78 Å². The Bertz CT molecular complexity index is 658. The fraction of sp³-hybridized carbons (Fsp3) is 0.154. The van der Waals surface area contributed by atoms with Crippen LogP contribution in [0.3, 0.4) is 0 Å². The maximum Gasteiger partial charge on any atom is 0.341 e. The number of aromatic nitrogens is 2. The number of carbonyl (C=O) groups is 1. The van der Waals surface area contributed by atoms with E-state index in [1.165, 1.54) is 17.1 Å². The summed E-state index contributed by atoms with van der Waals surface area (Å²) in [6, 6.07) is 6.89. The van der Waals surface area contributed by atoms with Crippen LogP contribution in [0.25, 0.3) is 5.69 Å². The van der Waals surface area contributed by atoms with Crippen LogP contribution < -0.4 is 0 Å². The first kappa shape index (κ1) is 13.1. The Balaban J connectivity index is 2.41. The summed E-state index contributed by atoms with van der Waals surface area (Å²) in [5.41, 5.74) is 1.26. The molecule has 96 valence electrons. The molecule has 19 heavy (non-hydrogen) atoms. The summed E-state index contributed by atoms with van der Waals surface area (Å²) >= 11 is 5.90. The molecule has 0 saturated heterocycles. The lowest BCUT2D eigenvalue weighted by atomic mass is 10.2. The zero-order valence-corrected chi connectivity index (χ0v) is 10.9. The van der Waals surface area contributed by atoms with E-state index in [4.69, 9.17) is 21.6 Å². The Hall–Kier alpha value is -2.32. The normalized spacial score (nSPS) is 9.95. The highest BCUT2D eigenvalue weighted by molar-refractivity contribution is 6.30. The largest absolute Gasteiger partial charge is 0.462 e. The Morgan fingerprint density at radius 3 is 3.05 bits per heavy atom. The lowest BCUT2D eigenvalue weighted by Gasteiger charge is -2.04. The molecule has 0 bridgehead atoms. The van der Waals surface area contributed by atoms with Gasteiger partial charge in [-0.25, -0.2) is 9.48 Å². The number of hydrogen-bond donors (Lipinski definition) is 0. The van der Waals surface area contributed by atoms with Crippen molar-refractivity contribution < 1.29 is 9.53 Å². The average molecular weight is 276 g/mol. The van der Waals surface area contributed by atoms with Gasteiger partial charge in [0, 0.05) is 11.2 Å². The highest BCUT2D eigenvalue weighted by Gasteiger charge is 2.12. The third kappa shape index (κ3) is 2.75. The summed E-state index contributed by atoms with van der Waals surface area (Å²) < 4.78 is 6.30. The van der Waals surface area contributed by atoms with Crippen molar-refractivity contribution in [1.29, 1.82) is 5.26 Å². The SMILES string of the molecule is CCOC(=O)c1cnn(-c2cc(Cl)ccc2C#N)c1. The molecule has 0 N–H and O–H groups in total. The molecule has 1 heterocycles. The van der Waals surface area contributed by atoms with Gasteiger partial charge in [0.05, 0.1) is 29.6 Å². The molecule has 0 atom stereocenters. The fourth-order valence-electron chi connectivity index (χ4n) is 1.56. The summed E-state index contributed by atoms with van der Waals surface area (Å²) in [6.45, 7) is 2.03. The van der Waals surface area contributed by atoms with Crippen molar-refractivity contribution in [3.8, 4) is 11.8 Å². The first-order chi connectivity index (χ1) is 9.15. The molecule has 0 aliphatic heterocycles. The summed E-state index contributed by atoms with van der Waals surface area (Å²) in [5.74, 6) is -0.450. The van der Waals surface area contributed by atoms with E-state index < -0.39 is 5.97 Å². The molecule has 0 saturated carbocycles. The number of benzene rings is 1. The number of hydrogen-bond acceptors (Lipinski definition) is 4. The second-order valence-electron chi connectivity index (χ2n) is 3.67. The first-order valence-corrected chi connectivity index (χ1v) is 5.95. The highest BCUT2D eigenvalue weighted by atomic mass is 35.5. The summed E-state index contributed by atoms with van der Waals surface area (Å²) in [7, 11) is 0. The van der Waals surface area contributed by atoms with Gasteiger partial charge < -0.3 is 4.74 Å². The van der Waals surface area contributed by atoms with Gasteiger partial charge in [-0.05, 0) is 25.1 Å². The lowest BCUT2D eigenvalue weighted by Crippen LogP contribution is -2.03. The fourth-order valence-corrected chi connectivity index (χ4v) is 1.73. The van der Waals surface area contributed by atoms with E-state index in [2.05, 4.69) is 5.10 Å². The molecule has 1 aromatic heterocycles. The van der Waals surface area contributed by atoms with Gasteiger partial charge >= 0.3 is 5.97 Å². The van der Waals surface area contributed by atoms with Gasteiger partial charge in [0.2, 0.25) is 0 Å². The standard InChI is InChI=1S/C13H10ClN3O2/c1-2-19-13(18)10-7-16-17(8-10)12-5-11(14)4-3-9(12)6-15/h3-5,7-8H,2H2,1H3. The minimum Gasteiger partial charge on any atom is -0.462 e. The van der Waals surface area contributed by atoms with Gasteiger partial charge in [-0.15, -0.1) is 0 Å². The zero-order valence-electron chi connectivity index (χ0n) is 10.1. The summed E-state index contributed by atoms with van der Waals surface area (Å²) in [4.78, 5) is 11.5. The Morgan fingerprint density at radius 1 is 1.58 bits per heavy atom. The summed E-state index contributed by atoms with van der Waals surface area (Å²) in [6.07, 6.45) is 2.89. The van der Waals surface area contributed by atoms with Crippen molar-refractivity contribution in [3.63, 3.8) is 0 Å². The van der Waals surface area contributed by atoms with Crippen LogP contribution in [0.4, 0.5) is 0 Å². The second-order valence-corrected chi connectivity index (χ2v) is 4.10. The topological polar surface area (TPSA) is 67.9 Å². The molecule has 0 unspecified atom stereocenters. The summed E-state index contributed by atoms with van der Waals surface area (Å²) in [5, 5.41) is 13.6. The average Bonchev–Trinajstić information content (AvgIpc) is 2.88. The molecule has 1 aromatic carbocycles. The zero-order chi connectivity index (χ0) is 13.8. The van der Waals surface area contributed by atoms with E-state index >= 15 is 0 Å². The molecule has 0 fully saturated rings. The third-order valence-corrected chi connectivity index (χ3v) is 2.66. The number of nitriles is 1. The maximum atomic E-state index is 11.5. The number of esters is 1. The van der Waals surface area contributed by atoms with Gasteiger partial charge in [-0.3, -0.25) is 0 Å². The molecular weight excluding hydrogens is 266 g/mol. The Morgan fingerprint density at radius 2 is 2.37 bits per heavy atom. The minimum absolute atomic E-state index is 0.296. The molecule has 0 amide bonds. The maximum absolute atomic E-state index is 11.5. The van der Waals surface area contributed by atoms with Crippen molar-refractivity contribution in [2.45, 2.75) is 6.92 Å². The minimum atomic E-state index is -0.450. The van der Waals surface area contributed by atoms with E-state index in [1.807, 2.05) is 6.07 Å². The van der Waals surface area contributed by atoms with E-state index in [0.29, 0.717) is 28.4 Å². The monoisotopic (exact) mass is 275 g/mol. The van der Waals surface area contributed by atoms with Crippen molar-refractivity contribution in [2.75, 3.05) is 6.61 Å². The molecule has 0 radical (unpaired) electrons. The van der Waals surface area contributed by atoms with Crippen LogP contribution in [0.5, 0.6) is 0 Å². The lowest BCUT2D eigenvalue weighted by molar-refractivity contribution is 0.0526. The second kappa shape index (κ2) is 5.55. The molecule has 0 aliphatic carbocycles. The van der Waals surface area contributed by atoms with Crippen LogP contribution in [-0.4, -0.2) is 22.4 Å². The first-order valence-electron chi connectivity index (χ1n) is 5.57. The number of carbonyl (C=O) groups excluding carboxylic acids is 1. The van der Waals surface area contributed by atoms with Gasteiger partial charge in [-0.1, -0.05) is 11.6 Å². The van der Waals surface area contributed by atoms with Gasteiger partial charge in [0.15, 0.2) is 0 Å². The van der Waals surface area contributed by atoms with Crippen LogP contribution in [0.15, 0.2) is 30.6 Å². The van der Waals surface area contributed by atoms with Crippen molar-refractivity contribution in [2.24, 2.45) is 0 Å². The van der Waals surface area contributed by atoms with Crippen LogP contribution in [-0.2, 0) is 4.74 Å². The number of rotatable bonds is 3. The van der Waals surface area contributed by atoms with Crippen LogP contribution >= 0.6 is 11.6 Å². The number of halogens is 1. The van der Waals surface area contributed by atoms with Gasteiger partial charge in [0.25, 0.3) is 0 Å². The predicted molar refractivity (Wildman–Crippen MR) is 69.2 cm³/mol. The molecule has 0 aliphatic rings. The van der Waals surface area contributed by atoms with Crippen LogP contribution in [0.2, 0.25) is 5.02 Å². The smallest absolute Gasteiger partial charge is 0.341 e. The molecular formula is C13H10ClN3O2. The molecule has 2 rings (SSSR count). The Kier molecular flexibility index (Phi) is 3.83. The van der Waals surface area contributed by atoms with Crippen LogP contribution in [0.1, 0.15) is 22.8 Å². The highest BCUT2D eigenvalue weighted by Crippen LogP contribution is 2.19. The number of ether oxygens (including phenoxy) is 1. The van der Waals surface area contributed by atoms with Gasteiger partial charge in [0.1, 0.15) is 6.07 Å². The van der Waals surface area contributed by atoms with E-state index in [0.717, 1.165) is 0 Å². The third-order valence-electron chi connectivity index (χ3n) is 2.42. The van der Waals surface area contributed by atoms with Crippen molar-refractivity contribution >= 4 is 17.6 Å². The predicted octanol–water partition coefficient (Wildman–Crippen LogP) is 2.57.